The van der Waals surface area contributed by atoms with E-state index in [1.54, 1.807) is 0 Å². The normalized spacial score (nSPS) is 29.3. The van der Waals surface area contributed by atoms with Crippen LogP contribution in [0.5, 0.6) is 0 Å². The van der Waals surface area contributed by atoms with Gasteiger partial charge in [0.25, 0.3) is 0 Å². The molecular weight excluding hydrogens is 278 g/mol. The molecule has 0 bridgehead atoms. The minimum Gasteiger partial charge on any atom is -0.330 e. The summed E-state index contributed by atoms with van der Waals surface area (Å²) in [6, 6.07) is 10.7. The predicted molar refractivity (Wildman–Crippen MR) is 91.8 cm³/mol. The van der Waals surface area contributed by atoms with E-state index in [0.29, 0.717) is 24.3 Å². The van der Waals surface area contributed by atoms with Crippen molar-refractivity contribution in [3.05, 3.63) is 35.9 Å². The van der Waals surface area contributed by atoms with Crippen molar-refractivity contribution in [2.45, 2.75) is 56.5 Å². The molecule has 2 N–H and O–H groups in total. The summed E-state index contributed by atoms with van der Waals surface area (Å²) in [5, 5.41) is 0.505. The smallest absolute Gasteiger partial charge is 0.0396 e. The Hall–Kier alpha value is -0.670. The van der Waals surface area contributed by atoms with Crippen LogP contribution >= 0.6 is 0 Å². The number of benzene rings is 1. The minimum absolute atomic E-state index is 0.249. The summed E-state index contributed by atoms with van der Waals surface area (Å²) in [6.07, 6.45) is 3.31. The van der Waals surface area contributed by atoms with E-state index in [4.69, 9.17) is 5.73 Å². The van der Waals surface area contributed by atoms with E-state index in [1.807, 2.05) is 0 Å². The van der Waals surface area contributed by atoms with E-state index < -0.39 is 10.8 Å². The van der Waals surface area contributed by atoms with Crippen LogP contribution in [-0.2, 0) is 10.8 Å². The number of rotatable bonds is 5. The lowest BCUT2D eigenvalue weighted by molar-refractivity contribution is 0.336. The van der Waals surface area contributed by atoms with Crippen molar-refractivity contribution in [3.8, 4) is 0 Å². The van der Waals surface area contributed by atoms with Crippen LogP contribution in [0.25, 0.3) is 0 Å². The van der Waals surface area contributed by atoms with Gasteiger partial charge in [-0.3, -0.25) is 4.21 Å². The fourth-order valence-corrected chi connectivity index (χ4v) is 5.45. The highest BCUT2D eigenvalue weighted by Gasteiger charge is 2.36. The third kappa shape index (κ3) is 3.95. The summed E-state index contributed by atoms with van der Waals surface area (Å²) in [6.45, 7) is 7.12. The van der Waals surface area contributed by atoms with Crippen molar-refractivity contribution in [2.24, 2.45) is 17.6 Å². The quantitative estimate of drug-likeness (QED) is 0.901. The molecule has 21 heavy (non-hydrogen) atoms. The van der Waals surface area contributed by atoms with E-state index in [9.17, 15) is 4.21 Å². The molecule has 0 saturated heterocycles. The Balaban J connectivity index is 2.14. The third-order valence-corrected chi connectivity index (χ3v) is 7.56. The van der Waals surface area contributed by atoms with Gasteiger partial charge in [0.1, 0.15) is 0 Å². The lowest BCUT2D eigenvalue weighted by Crippen LogP contribution is -2.40. The first-order valence-electron chi connectivity index (χ1n) is 8.19. The molecule has 0 amide bonds. The van der Waals surface area contributed by atoms with Gasteiger partial charge in [0.05, 0.1) is 0 Å². The Morgan fingerprint density at radius 1 is 1.19 bits per heavy atom. The molecule has 2 nitrogen and oxygen atoms in total. The summed E-state index contributed by atoms with van der Waals surface area (Å²) in [5.74, 6) is 1.43. The van der Waals surface area contributed by atoms with E-state index in [0.717, 1.165) is 12.8 Å². The maximum Gasteiger partial charge on any atom is 0.0396 e. The Morgan fingerprint density at radius 3 is 2.43 bits per heavy atom. The highest BCUT2D eigenvalue weighted by atomic mass is 32.2. The van der Waals surface area contributed by atoms with Crippen LogP contribution in [0, 0.1) is 11.8 Å². The maximum atomic E-state index is 12.9. The lowest BCUT2D eigenvalue weighted by atomic mass is 9.78. The molecule has 1 saturated carbocycles. The average molecular weight is 308 g/mol. The molecule has 0 spiro atoms. The molecule has 1 aromatic rings. The van der Waals surface area contributed by atoms with E-state index in [2.05, 4.69) is 51.1 Å². The Morgan fingerprint density at radius 2 is 1.86 bits per heavy atom. The molecule has 1 fully saturated rings. The summed E-state index contributed by atoms with van der Waals surface area (Å²) in [5.41, 5.74) is 7.35. The fourth-order valence-electron chi connectivity index (χ4n) is 3.32. The lowest BCUT2D eigenvalue weighted by Gasteiger charge is -2.37. The van der Waals surface area contributed by atoms with Crippen molar-refractivity contribution in [3.63, 3.8) is 0 Å². The van der Waals surface area contributed by atoms with Crippen molar-refractivity contribution in [1.82, 2.24) is 0 Å². The van der Waals surface area contributed by atoms with Crippen molar-refractivity contribution in [2.75, 3.05) is 6.54 Å². The first-order chi connectivity index (χ1) is 10.0. The zero-order valence-corrected chi connectivity index (χ0v) is 14.3. The molecule has 0 aliphatic heterocycles. The Bertz CT molecular complexity index is 460. The van der Waals surface area contributed by atoms with E-state index in [1.165, 1.54) is 12.0 Å². The first-order valence-corrected chi connectivity index (χ1v) is 9.46. The van der Waals surface area contributed by atoms with Crippen LogP contribution in [0.1, 0.15) is 51.5 Å². The van der Waals surface area contributed by atoms with Crippen LogP contribution < -0.4 is 5.73 Å². The molecule has 1 aliphatic carbocycles. The van der Waals surface area contributed by atoms with Gasteiger partial charge in [-0.15, -0.1) is 0 Å². The van der Waals surface area contributed by atoms with Crippen molar-refractivity contribution >= 4 is 10.8 Å². The molecule has 2 rings (SSSR count). The SMILES string of the molecule is CC(C)C(C)S(=O)C1CC(c2ccccc2)CCC1CN. The standard InChI is InChI=1S/C18H29NOS/c1-13(2)14(3)21(20)18-11-16(9-10-17(18)12-19)15-7-5-4-6-8-15/h4-8,13-14,16-18H,9-12,19H2,1-3H3. The Labute approximate surface area is 132 Å². The van der Waals surface area contributed by atoms with Crippen LogP contribution in [0.4, 0.5) is 0 Å². The molecular formula is C18H29NOS. The van der Waals surface area contributed by atoms with Gasteiger partial charge in [-0.25, -0.2) is 0 Å². The van der Waals surface area contributed by atoms with E-state index >= 15 is 0 Å². The van der Waals surface area contributed by atoms with Crippen LogP contribution in [0.3, 0.4) is 0 Å². The summed E-state index contributed by atoms with van der Waals surface area (Å²) >= 11 is 0. The Kier molecular flexibility index (Phi) is 6.00. The highest BCUT2D eigenvalue weighted by molar-refractivity contribution is 7.86. The second-order valence-corrected chi connectivity index (χ2v) is 8.74. The minimum atomic E-state index is -0.786. The van der Waals surface area contributed by atoms with Crippen LogP contribution in [0.15, 0.2) is 30.3 Å². The average Bonchev–Trinajstić information content (AvgIpc) is 2.53. The number of hydrogen-bond acceptors (Lipinski definition) is 2. The molecule has 0 radical (unpaired) electrons. The second-order valence-electron chi connectivity index (χ2n) is 6.73. The topological polar surface area (TPSA) is 43.1 Å². The molecule has 5 atom stereocenters. The molecule has 5 unspecified atom stereocenters. The van der Waals surface area contributed by atoms with Gasteiger partial charge in [0.2, 0.25) is 0 Å². The van der Waals surface area contributed by atoms with Crippen molar-refractivity contribution in [1.29, 1.82) is 0 Å². The van der Waals surface area contributed by atoms with E-state index in [-0.39, 0.29) is 10.5 Å². The third-order valence-electron chi connectivity index (χ3n) is 5.11. The summed E-state index contributed by atoms with van der Waals surface area (Å²) in [4.78, 5) is 0. The van der Waals surface area contributed by atoms with Crippen LogP contribution in [-0.4, -0.2) is 21.3 Å². The largest absolute Gasteiger partial charge is 0.330 e. The second kappa shape index (κ2) is 7.55. The molecule has 0 heterocycles. The van der Waals surface area contributed by atoms with Gasteiger partial charge >= 0.3 is 0 Å². The van der Waals surface area contributed by atoms with Crippen molar-refractivity contribution < 1.29 is 4.21 Å². The van der Waals surface area contributed by atoms with Gasteiger partial charge in [-0.2, -0.15) is 0 Å². The maximum absolute atomic E-state index is 12.9. The molecule has 1 aliphatic rings. The van der Waals surface area contributed by atoms with Gasteiger partial charge in [0, 0.05) is 21.3 Å². The monoisotopic (exact) mass is 307 g/mol. The number of hydrogen-bond donors (Lipinski definition) is 1. The molecule has 1 aromatic carbocycles. The van der Waals surface area contributed by atoms with Gasteiger partial charge in [-0.05, 0) is 49.1 Å². The zero-order chi connectivity index (χ0) is 15.4. The van der Waals surface area contributed by atoms with Gasteiger partial charge < -0.3 is 5.73 Å². The number of nitrogens with two attached hydrogens (primary N) is 1. The van der Waals surface area contributed by atoms with Gasteiger partial charge in [-0.1, -0.05) is 51.1 Å². The first kappa shape index (κ1) is 16.7. The van der Waals surface area contributed by atoms with Gasteiger partial charge in [0.15, 0.2) is 0 Å². The zero-order valence-electron chi connectivity index (χ0n) is 13.5. The summed E-state index contributed by atoms with van der Waals surface area (Å²) in [7, 11) is -0.786. The molecule has 118 valence electrons. The highest BCUT2D eigenvalue weighted by Crippen LogP contribution is 2.39. The predicted octanol–water partition coefficient (Wildman–Crippen LogP) is 3.69. The van der Waals surface area contributed by atoms with Crippen LogP contribution in [0.2, 0.25) is 0 Å². The molecule has 0 aromatic heterocycles. The summed E-state index contributed by atoms with van der Waals surface area (Å²) < 4.78 is 12.9. The fraction of sp³-hybridized carbons (Fsp3) is 0.667. The molecule has 3 heteroatoms.